The predicted octanol–water partition coefficient (Wildman–Crippen LogP) is 4.17. The van der Waals surface area contributed by atoms with E-state index >= 15 is 0 Å². The summed E-state index contributed by atoms with van der Waals surface area (Å²) in [6, 6.07) is 7.90. The molecule has 0 bridgehead atoms. The number of hydrogen-bond acceptors (Lipinski definition) is 7. The Bertz CT molecular complexity index is 1200. The maximum Gasteiger partial charge on any atom is 0.159 e. The van der Waals surface area contributed by atoms with Crippen LogP contribution >= 0.6 is 22.9 Å². The fourth-order valence-electron chi connectivity index (χ4n) is 4.83. The second-order valence-corrected chi connectivity index (χ2v) is 11.0. The second-order valence-electron chi connectivity index (χ2n) is 9.29. The van der Waals surface area contributed by atoms with Crippen molar-refractivity contribution in [3.05, 3.63) is 67.4 Å². The molecular weight excluding hydrogens is 480 g/mol. The van der Waals surface area contributed by atoms with Gasteiger partial charge in [0.15, 0.2) is 5.82 Å². The van der Waals surface area contributed by atoms with Crippen LogP contribution in [0, 0.1) is 20.8 Å². The molecule has 0 unspecified atom stereocenters. The highest BCUT2D eigenvalue weighted by molar-refractivity contribution is 7.12. The molecule has 186 valence electrons. The lowest BCUT2D eigenvalue weighted by atomic mass is 9.97. The molecule has 1 saturated heterocycles. The average Bonchev–Trinajstić information content (AvgIpc) is 3.34. The van der Waals surface area contributed by atoms with Crippen LogP contribution in [0.4, 0.5) is 0 Å². The molecule has 0 spiro atoms. The summed E-state index contributed by atoms with van der Waals surface area (Å²) in [4.78, 5) is 10.5. The summed E-state index contributed by atoms with van der Waals surface area (Å²) in [6.07, 6.45) is 1.10. The number of aliphatic imine (C=N–C) groups is 1. The van der Waals surface area contributed by atoms with Gasteiger partial charge in [-0.25, -0.2) is 0 Å². The molecule has 0 radical (unpaired) electrons. The molecule has 9 heteroatoms. The summed E-state index contributed by atoms with van der Waals surface area (Å²) >= 11 is 8.06. The van der Waals surface area contributed by atoms with Crippen LogP contribution in [0.15, 0.2) is 29.3 Å². The van der Waals surface area contributed by atoms with Crippen LogP contribution in [-0.2, 0) is 11.3 Å². The molecule has 3 aromatic rings. The molecule has 0 aliphatic carbocycles. The number of aryl methyl sites for hydroxylation is 2. The fraction of sp³-hybridized carbons (Fsp3) is 0.500. The molecule has 35 heavy (non-hydrogen) atoms. The minimum absolute atomic E-state index is 0.127. The number of nitrogens with one attached hydrogen (secondary N) is 1. The van der Waals surface area contributed by atoms with Crippen molar-refractivity contribution in [1.29, 1.82) is 0 Å². The molecule has 4 heterocycles. The molecule has 1 N–H and O–H groups in total. The molecular formula is C26H33ClN6OS. The number of rotatable bonds is 7. The minimum atomic E-state index is -0.127. The van der Waals surface area contributed by atoms with Gasteiger partial charge in [-0.1, -0.05) is 23.7 Å². The molecule has 1 fully saturated rings. The standard InChI is InChI=1S/C26H33ClN6OS/c1-17-18(2)35-23-16-33-19(3)30-31-26(33)22(15-28-9-4-10-32-11-13-34-14-12-32)29-25(24(17)23)20-5-7-21(27)8-6-20/h5-8,22,28H,4,9-16H2,1-3H3/t22-/m0/s1. The Hall–Kier alpha value is -2.10. The van der Waals surface area contributed by atoms with Gasteiger partial charge in [0.2, 0.25) is 0 Å². The van der Waals surface area contributed by atoms with E-state index in [1.165, 1.54) is 20.9 Å². The first-order valence-corrected chi connectivity index (χ1v) is 13.5. The second kappa shape index (κ2) is 10.9. The largest absolute Gasteiger partial charge is 0.379 e. The Morgan fingerprint density at radius 2 is 1.89 bits per heavy atom. The minimum Gasteiger partial charge on any atom is -0.379 e. The SMILES string of the molecule is Cc1sc2c(c1C)C(c1ccc(Cl)cc1)=N[C@@H](CNCCCN1CCOCC1)c1nnc(C)n1C2. The highest BCUT2D eigenvalue weighted by atomic mass is 35.5. The highest BCUT2D eigenvalue weighted by Gasteiger charge is 2.28. The Morgan fingerprint density at radius 3 is 2.66 bits per heavy atom. The van der Waals surface area contributed by atoms with Gasteiger partial charge in [0.25, 0.3) is 0 Å². The third-order valence-electron chi connectivity index (χ3n) is 6.93. The molecule has 2 aliphatic heterocycles. The number of nitrogens with zero attached hydrogens (tertiary/aromatic N) is 5. The molecule has 0 amide bonds. The normalized spacial score (nSPS) is 18.5. The van der Waals surface area contributed by atoms with Crippen molar-refractivity contribution < 1.29 is 4.74 Å². The molecule has 1 aromatic carbocycles. The van der Waals surface area contributed by atoms with Crippen LogP contribution in [0.5, 0.6) is 0 Å². The van der Waals surface area contributed by atoms with Crippen molar-refractivity contribution in [1.82, 2.24) is 25.0 Å². The summed E-state index contributed by atoms with van der Waals surface area (Å²) in [5.74, 6) is 1.85. The number of ether oxygens (including phenoxy) is 1. The number of morpholine rings is 1. The van der Waals surface area contributed by atoms with Gasteiger partial charge < -0.3 is 14.6 Å². The van der Waals surface area contributed by atoms with Gasteiger partial charge in [0.1, 0.15) is 11.9 Å². The Labute approximate surface area is 216 Å². The molecule has 5 rings (SSSR count). The van der Waals surface area contributed by atoms with Gasteiger partial charge in [0, 0.05) is 45.5 Å². The van der Waals surface area contributed by atoms with Gasteiger partial charge >= 0.3 is 0 Å². The lowest BCUT2D eigenvalue weighted by Crippen LogP contribution is -2.38. The van der Waals surface area contributed by atoms with Gasteiger partial charge in [0.05, 0.1) is 25.5 Å². The zero-order valence-electron chi connectivity index (χ0n) is 20.7. The summed E-state index contributed by atoms with van der Waals surface area (Å²) in [5, 5.41) is 13.4. The van der Waals surface area contributed by atoms with E-state index < -0.39 is 0 Å². The number of aromatic nitrogens is 3. The van der Waals surface area contributed by atoms with Crippen LogP contribution in [-0.4, -0.2) is 71.3 Å². The van der Waals surface area contributed by atoms with E-state index in [2.05, 4.69) is 51.0 Å². The first-order chi connectivity index (χ1) is 17.0. The third kappa shape index (κ3) is 5.37. The molecule has 2 aliphatic rings. The Balaban J connectivity index is 1.44. The first-order valence-electron chi connectivity index (χ1n) is 12.3. The van der Waals surface area contributed by atoms with Crippen molar-refractivity contribution in [3.63, 3.8) is 0 Å². The Kier molecular flexibility index (Phi) is 7.65. The number of fused-ring (bicyclic) bond motifs is 2. The molecule has 0 saturated carbocycles. The summed E-state index contributed by atoms with van der Waals surface area (Å²) in [6.45, 7) is 13.7. The van der Waals surface area contributed by atoms with Crippen LogP contribution in [0.3, 0.4) is 0 Å². The molecule has 1 atom stereocenters. The van der Waals surface area contributed by atoms with Gasteiger partial charge in [-0.2, -0.15) is 0 Å². The number of benzene rings is 1. The third-order valence-corrected chi connectivity index (χ3v) is 8.37. The smallest absolute Gasteiger partial charge is 0.159 e. The van der Waals surface area contributed by atoms with Crippen molar-refractivity contribution in [2.24, 2.45) is 4.99 Å². The Morgan fingerprint density at radius 1 is 1.11 bits per heavy atom. The van der Waals surface area contributed by atoms with Crippen LogP contribution < -0.4 is 5.32 Å². The quantitative estimate of drug-likeness (QED) is 0.481. The van der Waals surface area contributed by atoms with Crippen LogP contribution in [0.25, 0.3) is 0 Å². The molecule has 2 aromatic heterocycles. The lowest BCUT2D eigenvalue weighted by molar-refractivity contribution is 0.0374. The number of thiophene rings is 1. The van der Waals surface area contributed by atoms with E-state index in [-0.39, 0.29) is 6.04 Å². The summed E-state index contributed by atoms with van der Waals surface area (Å²) < 4.78 is 7.69. The number of halogens is 1. The van der Waals surface area contributed by atoms with E-state index in [1.807, 2.05) is 30.4 Å². The highest BCUT2D eigenvalue weighted by Crippen LogP contribution is 2.35. The monoisotopic (exact) mass is 512 g/mol. The van der Waals surface area contributed by atoms with Crippen LogP contribution in [0.1, 0.15) is 50.6 Å². The summed E-state index contributed by atoms with van der Waals surface area (Å²) in [5.41, 5.74) is 4.64. The average molecular weight is 513 g/mol. The van der Waals surface area contributed by atoms with Gasteiger partial charge in [-0.15, -0.1) is 21.5 Å². The van der Waals surface area contributed by atoms with Crippen molar-refractivity contribution >= 4 is 28.6 Å². The van der Waals surface area contributed by atoms with Gasteiger partial charge in [-0.05, 0) is 58.0 Å². The number of hydrogen-bond donors (Lipinski definition) is 1. The van der Waals surface area contributed by atoms with Crippen LogP contribution in [0.2, 0.25) is 5.02 Å². The van der Waals surface area contributed by atoms with Crippen molar-refractivity contribution in [3.8, 4) is 0 Å². The van der Waals surface area contributed by atoms with E-state index in [0.717, 1.165) is 86.8 Å². The zero-order valence-corrected chi connectivity index (χ0v) is 22.3. The summed E-state index contributed by atoms with van der Waals surface area (Å²) in [7, 11) is 0. The van der Waals surface area contributed by atoms with E-state index in [9.17, 15) is 0 Å². The molecule has 7 nitrogen and oxygen atoms in total. The zero-order chi connectivity index (χ0) is 24.4. The van der Waals surface area contributed by atoms with E-state index in [1.54, 1.807) is 0 Å². The maximum absolute atomic E-state index is 6.22. The maximum atomic E-state index is 6.22. The lowest BCUT2D eigenvalue weighted by Gasteiger charge is -2.26. The van der Waals surface area contributed by atoms with E-state index in [0.29, 0.717) is 0 Å². The topological polar surface area (TPSA) is 67.6 Å². The van der Waals surface area contributed by atoms with Crippen molar-refractivity contribution in [2.45, 2.75) is 39.8 Å². The van der Waals surface area contributed by atoms with E-state index in [4.69, 9.17) is 21.3 Å². The van der Waals surface area contributed by atoms with Gasteiger partial charge in [-0.3, -0.25) is 9.89 Å². The first kappa shape index (κ1) is 24.6. The van der Waals surface area contributed by atoms with Crippen molar-refractivity contribution in [2.75, 3.05) is 45.9 Å². The predicted molar refractivity (Wildman–Crippen MR) is 142 cm³/mol. The fourth-order valence-corrected chi connectivity index (χ4v) is 6.13.